The normalized spacial score (nSPS) is 13.0. The van der Waals surface area contributed by atoms with E-state index >= 15 is 0 Å². The van der Waals surface area contributed by atoms with Crippen molar-refractivity contribution < 1.29 is 28.8 Å². The van der Waals surface area contributed by atoms with Crippen molar-refractivity contribution in [2.24, 2.45) is 0 Å². The lowest BCUT2D eigenvalue weighted by Crippen LogP contribution is -2.45. The van der Waals surface area contributed by atoms with Gasteiger partial charge in [0.1, 0.15) is 12.6 Å². The van der Waals surface area contributed by atoms with Crippen LogP contribution in [0, 0.1) is 6.92 Å². The molecule has 1 aliphatic carbocycles. The van der Waals surface area contributed by atoms with Gasteiger partial charge in [-0.15, -0.1) is 0 Å². The van der Waals surface area contributed by atoms with E-state index in [1.54, 1.807) is 6.92 Å². The van der Waals surface area contributed by atoms with E-state index in [1.807, 2.05) is 48.5 Å². The number of nitrogens with zero attached hydrogens (tertiary/aromatic N) is 1. The van der Waals surface area contributed by atoms with Crippen LogP contribution in [0.1, 0.15) is 29.2 Å². The number of aromatic nitrogens is 1. The van der Waals surface area contributed by atoms with Crippen molar-refractivity contribution in [1.82, 2.24) is 10.5 Å². The van der Waals surface area contributed by atoms with Crippen LogP contribution in [-0.4, -0.2) is 40.9 Å². The first-order valence-corrected chi connectivity index (χ1v) is 10.00. The molecular weight excluding hydrogens is 414 g/mol. The molecule has 2 aromatic carbocycles. The van der Waals surface area contributed by atoms with Crippen LogP contribution >= 0.6 is 0 Å². The van der Waals surface area contributed by atoms with Gasteiger partial charge < -0.3 is 19.7 Å². The van der Waals surface area contributed by atoms with Crippen molar-refractivity contribution in [2.75, 3.05) is 11.9 Å². The highest BCUT2D eigenvalue weighted by molar-refractivity contribution is 5.97. The monoisotopic (exact) mass is 435 g/mol. The van der Waals surface area contributed by atoms with Crippen LogP contribution < -0.4 is 10.6 Å². The molecular formula is C23H21N3O6. The van der Waals surface area contributed by atoms with Crippen molar-refractivity contribution in [2.45, 2.75) is 25.3 Å². The van der Waals surface area contributed by atoms with Gasteiger partial charge in [-0.1, -0.05) is 53.7 Å². The third-order valence-electron chi connectivity index (χ3n) is 5.21. The molecule has 0 aliphatic heterocycles. The number of carboxylic acid groups (broad SMARTS) is 1. The number of carbonyl (C=O) groups is 3. The molecule has 0 bridgehead atoms. The molecule has 1 atom stereocenters. The Morgan fingerprint density at radius 2 is 1.72 bits per heavy atom. The smallest absolute Gasteiger partial charge is 0.407 e. The average Bonchev–Trinajstić information content (AvgIpc) is 3.32. The number of aryl methyl sites for hydroxylation is 1. The second kappa shape index (κ2) is 8.93. The van der Waals surface area contributed by atoms with E-state index < -0.39 is 30.4 Å². The highest BCUT2D eigenvalue weighted by Crippen LogP contribution is 2.44. The number of amides is 2. The van der Waals surface area contributed by atoms with E-state index in [-0.39, 0.29) is 18.4 Å². The van der Waals surface area contributed by atoms with E-state index in [0.717, 1.165) is 22.3 Å². The van der Waals surface area contributed by atoms with Crippen LogP contribution in [0.15, 0.2) is 59.1 Å². The zero-order valence-corrected chi connectivity index (χ0v) is 17.2. The fourth-order valence-electron chi connectivity index (χ4n) is 3.80. The summed E-state index contributed by atoms with van der Waals surface area (Å²) in [7, 11) is 0. The summed E-state index contributed by atoms with van der Waals surface area (Å²) in [6.07, 6.45) is -1.51. The zero-order chi connectivity index (χ0) is 22.7. The average molecular weight is 435 g/mol. The molecule has 4 rings (SSSR count). The summed E-state index contributed by atoms with van der Waals surface area (Å²) in [6.45, 7) is 1.71. The molecule has 3 N–H and O–H groups in total. The maximum absolute atomic E-state index is 12.4. The first-order chi connectivity index (χ1) is 15.4. The van der Waals surface area contributed by atoms with Gasteiger partial charge in [0.05, 0.1) is 12.1 Å². The molecule has 0 saturated carbocycles. The fourth-order valence-corrected chi connectivity index (χ4v) is 3.80. The Balaban J connectivity index is 1.42. The molecule has 9 nitrogen and oxygen atoms in total. The summed E-state index contributed by atoms with van der Waals surface area (Å²) in [4.78, 5) is 36.1. The van der Waals surface area contributed by atoms with E-state index in [0.29, 0.717) is 5.69 Å². The number of fused-ring (bicyclic) bond motifs is 3. The van der Waals surface area contributed by atoms with Crippen LogP contribution in [0.25, 0.3) is 11.1 Å². The van der Waals surface area contributed by atoms with Crippen LogP contribution in [0.4, 0.5) is 10.7 Å². The van der Waals surface area contributed by atoms with Gasteiger partial charge in [-0.3, -0.25) is 14.9 Å². The van der Waals surface area contributed by atoms with Gasteiger partial charge >= 0.3 is 12.1 Å². The summed E-state index contributed by atoms with van der Waals surface area (Å²) in [5.74, 6) is -2.11. The number of ether oxygens (including phenoxy) is 1. The maximum atomic E-state index is 12.4. The molecule has 3 aromatic rings. The SMILES string of the molecule is Cc1cc(NC(=O)C(CC(=O)O)NC(=O)OCC2c3ccccc3-c3ccccc32)on1. The van der Waals surface area contributed by atoms with E-state index in [4.69, 9.17) is 14.4 Å². The predicted octanol–water partition coefficient (Wildman–Crippen LogP) is 3.30. The van der Waals surface area contributed by atoms with Crippen molar-refractivity contribution in [3.05, 3.63) is 71.4 Å². The minimum absolute atomic E-state index is 0.0442. The second-order valence-corrected chi connectivity index (χ2v) is 7.44. The molecule has 1 aromatic heterocycles. The van der Waals surface area contributed by atoms with Crippen molar-refractivity contribution in [1.29, 1.82) is 0 Å². The minimum Gasteiger partial charge on any atom is -0.481 e. The Morgan fingerprint density at radius 3 is 2.28 bits per heavy atom. The lowest BCUT2D eigenvalue weighted by atomic mass is 9.98. The highest BCUT2D eigenvalue weighted by atomic mass is 16.5. The molecule has 9 heteroatoms. The van der Waals surface area contributed by atoms with Crippen molar-refractivity contribution >= 4 is 23.9 Å². The fraction of sp³-hybridized carbons (Fsp3) is 0.217. The van der Waals surface area contributed by atoms with E-state index in [2.05, 4.69) is 15.8 Å². The number of hydrogen-bond donors (Lipinski definition) is 3. The summed E-state index contributed by atoms with van der Waals surface area (Å²) in [6, 6.07) is 15.9. The van der Waals surface area contributed by atoms with Crippen molar-refractivity contribution in [3.8, 4) is 11.1 Å². The lowest BCUT2D eigenvalue weighted by molar-refractivity contribution is -0.139. The number of anilines is 1. The minimum atomic E-state index is -1.35. The molecule has 0 fully saturated rings. The van der Waals surface area contributed by atoms with Crippen LogP contribution in [0.5, 0.6) is 0 Å². The zero-order valence-electron chi connectivity index (χ0n) is 17.2. The molecule has 0 radical (unpaired) electrons. The molecule has 32 heavy (non-hydrogen) atoms. The molecule has 1 heterocycles. The Kier molecular flexibility index (Phi) is 5.89. The molecule has 1 unspecified atom stereocenters. The number of carboxylic acids is 1. The van der Waals surface area contributed by atoms with E-state index in [1.165, 1.54) is 6.07 Å². The van der Waals surface area contributed by atoms with Gasteiger partial charge in [-0.2, -0.15) is 0 Å². The molecule has 1 aliphatic rings. The van der Waals surface area contributed by atoms with Crippen LogP contribution in [0.3, 0.4) is 0 Å². The van der Waals surface area contributed by atoms with Crippen LogP contribution in [0.2, 0.25) is 0 Å². The third-order valence-corrected chi connectivity index (χ3v) is 5.21. The third kappa shape index (κ3) is 4.46. The standard InChI is InChI=1S/C23H21N3O6/c1-13-10-20(32-26-13)25-22(29)19(11-21(27)28)24-23(30)31-12-18-16-8-4-2-6-14(16)15-7-3-5-9-17(15)18/h2-10,18-19H,11-12H2,1H3,(H,24,30)(H,25,29)(H,27,28). The topological polar surface area (TPSA) is 131 Å². The first-order valence-electron chi connectivity index (χ1n) is 10.00. The summed E-state index contributed by atoms with van der Waals surface area (Å²) in [5.41, 5.74) is 4.80. The maximum Gasteiger partial charge on any atom is 0.407 e. The van der Waals surface area contributed by atoms with Gasteiger partial charge in [0.2, 0.25) is 11.8 Å². The second-order valence-electron chi connectivity index (χ2n) is 7.44. The number of benzene rings is 2. The Labute approximate surface area is 183 Å². The molecule has 2 amide bonds. The number of nitrogens with one attached hydrogen (secondary N) is 2. The number of carbonyl (C=O) groups excluding carboxylic acids is 2. The molecule has 0 spiro atoms. The number of aliphatic carboxylic acids is 1. The van der Waals surface area contributed by atoms with Gasteiger partial charge in [0.25, 0.3) is 0 Å². The molecule has 0 saturated heterocycles. The van der Waals surface area contributed by atoms with Gasteiger partial charge in [-0.05, 0) is 29.2 Å². The Hall–Kier alpha value is -4.14. The van der Waals surface area contributed by atoms with Gasteiger partial charge in [-0.25, -0.2) is 4.79 Å². The summed E-state index contributed by atoms with van der Waals surface area (Å²) < 4.78 is 10.3. The molecule has 164 valence electrons. The van der Waals surface area contributed by atoms with Crippen molar-refractivity contribution in [3.63, 3.8) is 0 Å². The quantitative estimate of drug-likeness (QED) is 0.519. The number of hydrogen-bond acceptors (Lipinski definition) is 6. The Bertz CT molecular complexity index is 1130. The first kappa shape index (κ1) is 21.1. The van der Waals surface area contributed by atoms with Gasteiger partial charge in [0.15, 0.2) is 0 Å². The van der Waals surface area contributed by atoms with Crippen LogP contribution in [-0.2, 0) is 14.3 Å². The van der Waals surface area contributed by atoms with E-state index in [9.17, 15) is 14.4 Å². The largest absolute Gasteiger partial charge is 0.481 e. The predicted molar refractivity (Wildman–Crippen MR) is 114 cm³/mol. The Morgan fingerprint density at radius 1 is 1.09 bits per heavy atom. The number of rotatable bonds is 7. The number of alkyl carbamates (subject to hydrolysis) is 1. The van der Waals surface area contributed by atoms with Gasteiger partial charge in [0, 0.05) is 12.0 Å². The highest BCUT2D eigenvalue weighted by Gasteiger charge is 2.30. The summed E-state index contributed by atoms with van der Waals surface area (Å²) in [5, 5.41) is 17.5. The lowest BCUT2D eigenvalue weighted by Gasteiger charge is -2.18. The summed E-state index contributed by atoms with van der Waals surface area (Å²) >= 11 is 0.